The molecular weight excluding hydrogens is 274 g/mol. The molecular formula is C14H21N3O4. The Hall–Kier alpha value is -2.15. The summed E-state index contributed by atoms with van der Waals surface area (Å²) < 4.78 is 5.02. The zero-order valence-corrected chi connectivity index (χ0v) is 12.8. The van der Waals surface area contributed by atoms with Crippen LogP contribution in [0.4, 0.5) is 11.4 Å². The molecule has 7 heteroatoms. The van der Waals surface area contributed by atoms with Gasteiger partial charge in [0.05, 0.1) is 11.5 Å². The van der Waals surface area contributed by atoms with E-state index in [0.717, 1.165) is 0 Å². The van der Waals surface area contributed by atoms with Gasteiger partial charge in [0.25, 0.3) is 11.6 Å². The lowest BCUT2D eigenvalue weighted by molar-refractivity contribution is -0.384. The molecule has 1 N–H and O–H groups in total. The molecule has 0 fully saturated rings. The Labute approximate surface area is 124 Å². The second kappa shape index (κ2) is 7.58. The number of hydrogen-bond donors (Lipinski definition) is 1. The summed E-state index contributed by atoms with van der Waals surface area (Å²) >= 11 is 0. The second-order valence-electron chi connectivity index (χ2n) is 5.13. The number of nitro groups is 1. The van der Waals surface area contributed by atoms with E-state index >= 15 is 0 Å². The summed E-state index contributed by atoms with van der Waals surface area (Å²) in [7, 11) is 4.82. The molecule has 0 spiro atoms. The summed E-state index contributed by atoms with van der Waals surface area (Å²) in [5.41, 5.74) is 0.591. The van der Waals surface area contributed by atoms with Crippen molar-refractivity contribution in [2.75, 3.05) is 39.7 Å². The summed E-state index contributed by atoms with van der Waals surface area (Å²) in [6.45, 7) is 3.10. The second-order valence-corrected chi connectivity index (χ2v) is 5.13. The van der Waals surface area contributed by atoms with Crippen LogP contribution in [0.2, 0.25) is 0 Å². The number of rotatable bonds is 7. The number of amides is 1. The normalized spacial score (nSPS) is 11.8. The lowest BCUT2D eigenvalue weighted by atomic mass is 10.1. The Bertz CT molecular complexity index is 517. The highest BCUT2D eigenvalue weighted by Crippen LogP contribution is 2.26. The summed E-state index contributed by atoms with van der Waals surface area (Å²) in [5, 5.41) is 14.2. The molecule has 0 heterocycles. The smallest absolute Gasteiger partial charge is 0.293 e. The molecule has 0 saturated carbocycles. The van der Waals surface area contributed by atoms with E-state index in [1.807, 2.05) is 6.92 Å². The zero-order valence-electron chi connectivity index (χ0n) is 12.8. The third-order valence-corrected chi connectivity index (χ3v) is 2.94. The number of hydrogen-bond acceptors (Lipinski definition) is 5. The molecule has 0 aliphatic carbocycles. The van der Waals surface area contributed by atoms with E-state index in [9.17, 15) is 14.9 Å². The van der Waals surface area contributed by atoms with Gasteiger partial charge in [-0.15, -0.1) is 0 Å². The highest BCUT2D eigenvalue weighted by Gasteiger charge is 2.18. The van der Waals surface area contributed by atoms with Gasteiger partial charge >= 0.3 is 0 Å². The fraction of sp³-hybridized carbons (Fsp3) is 0.500. The highest BCUT2D eigenvalue weighted by molar-refractivity contribution is 5.95. The number of anilines is 1. The van der Waals surface area contributed by atoms with E-state index in [1.54, 1.807) is 33.3 Å². The number of benzene rings is 1. The minimum Gasteiger partial charge on any atom is -0.384 e. The maximum absolute atomic E-state index is 11.8. The monoisotopic (exact) mass is 295 g/mol. The molecule has 0 saturated heterocycles. The van der Waals surface area contributed by atoms with Crippen molar-refractivity contribution in [3.63, 3.8) is 0 Å². The number of nitrogens with one attached hydrogen (secondary N) is 1. The van der Waals surface area contributed by atoms with Crippen molar-refractivity contribution in [3.8, 4) is 0 Å². The number of methoxy groups -OCH3 is 1. The minimum absolute atomic E-state index is 0.104. The quantitative estimate of drug-likeness (QED) is 0.614. The zero-order chi connectivity index (χ0) is 16.0. The third-order valence-electron chi connectivity index (χ3n) is 2.94. The van der Waals surface area contributed by atoms with Gasteiger partial charge in [0, 0.05) is 39.4 Å². The van der Waals surface area contributed by atoms with Gasteiger partial charge in [0.2, 0.25) is 0 Å². The molecule has 0 bridgehead atoms. The van der Waals surface area contributed by atoms with Crippen LogP contribution in [0, 0.1) is 16.0 Å². The van der Waals surface area contributed by atoms with Crippen molar-refractivity contribution in [1.82, 2.24) is 4.90 Å². The van der Waals surface area contributed by atoms with E-state index in [2.05, 4.69) is 5.32 Å². The molecule has 1 unspecified atom stereocenters. The molecule has 0 aliphatic rings. The van der Waals surface area contributed by atoms with Gasteiger partial charge in [-0.2, -0.15) is 0 Å². The standard InChI is InChI=1S/C14H21N3O4/c1-10(9-21-4)8-15-12-6-5-11(14(18)16(2)3)7-13(12)17(19)20/h5-7,10,15H,8-9H2,1-4H3. The highest BCUT2D eigenvalue weighted by atomic mass is 16.6. The lowest BCUT2D eigenvalue weighted by Gasteiger charge is -2.14. The van der Waals surface area contributed by atoms with Gasteiger partial charge in [0.15, 0.2) is 0 Å². The summed E-state index contributed by atoms with van der Waals surface area (Å²) in [6.07, 6.45) is 0. The van der Waals surface area contributed by atoms with Crippen LogP contribution in [0.25, 0.3) is 0 Å². The van der Waals surface area contributed by atoms with E-state index in [-0.39, 0.29) is 17.5 Å². The first-order chi connectivity index (χ1) is 9.86. The van der Waals surface area contributed by atoms with Gasteiger partial charge in [-0.1, -0.05) is 6.92 Å². The fourth-order valence-corrected chi connectivity index (χ4v) is 1.85. The van der Waals surface area contributed by atoms with Gasteiger partial charge in [0.1, 0.15) is 5.69 Å². The average Bonchev–Trinajstić information content (AvgIpc) is 2.44. The molecule has 0 aliphatic heterocycles. The summed E-state index contributed by atoms with van der Waals surface area (Å²) in [5.74, 6) is -0.0462. The predicted molar refractivity (Wildman–Crippen MR) is 80.6 cm³/mol. The van der Waals surface area contributed by atoms with Gasteiger partial charge in [-0.3, -0.25) is 14.9 Å². The first-order valence-corrected chi connectivity index (χ1v) is 6.59. The van der Waals surface area contributed by atoms with Crippen molar-refractivity contribution < 1.29 is 14.5 Å². The van der Waals surface area contributed by atoms with Gasteiger partial charge in [-0.05, 0) is 18.1 Å². The molecule has 0 radical (unpaired) electrons. The van der Waals surface area contributed by atoms with Crippen LogP contribution in [0.15, 0.2) is 18.2 Å². The maximum Gasteiger partial charge on any atom is 0.293 e. The van der Waals surface area contributed by atoms with Crippen LogP contribution in [0.1, 0.15) is 17.3 Å². The van der Waals surface area contributed by atoms with Crippen LogP contribution in [-0.2, 0) is 4.74 Å². The number of nitro benzene ring substituents is 1. The van der Waals surface area contributed by atoms with Crippen LogP contribution in [0.3, 0.4) is 0 Å². The first kappa shape index (κ1) is 16.9. The lowest BCUT2D eigenvalue weighted by Crippen LogP contribution is -2.22. The predicted octanol–water partition coefficient (Wildman–Crippen LogP) is 1.99. The number of ether oxygens (including phenoxy) is 1. The molecule has 116 valence electrons. The van der Waals surface area contributed by atoms with E-state index in [4.69, 9.17) is 4.74 Å². The Morgan fingerprint density at radius 2 is 2.14 bits per heavy atom. The van der Waals surface area contributed by atoms with E-state index in [0.29, 0.717) is 24.4 Å². The molecule has 21 heavy (non-hydrogen) atoms. The first-order valence-electron chi connectivity index (χ1n) is 6.59. The fourth-order valence-electron chi connectivity index (χ4n) is 1.85. The molecule has 0 aromatic heterocycles. The Morgan fingerprint density at radius 3 is 2.67 bits per heavy atom. The molecule has 7 nitrogen and oxygen atoms in total. The molecule has 1 atom stereocenters. The largest absolute Gasteiger partial charge is 0.384 e. The minimum atomic E-state index is -0.490. The topological polar surface area (TPSA) is 84.7 Å². The molecule has 1 amide bonds. The van der Waals surface area contributed by atoms with Crippen molar-refractivity contribution in [2.24, 2.45) is 5.92 Å². The molecule has 1 aromatic rings. The molecule has 1 aromatic carbocycles. The number of carbonyl (C=O) groups excluding carboxylic acids is 1. The van der Waals surface area contributed by atoms with Crippen molar-refractivity contribution in [3.05, 3.63) is 33.9 Å². The van der Waals surface area contributed by atoms with E-state index < -0.39 is 4.92 Å². The Morgan fingerprint density at radius 1 is 1.48 bits per heavy atom. The van der Waals surface area contributed by atoms with Crippen molar-refractivity contribution in [2.45, 2.75) is 6.92 Å². The maximum atomic E-state index is 11.8. The number of carbonyl (C=O) groups is 1. The van der Waals surface area contributed by atoms with Gasteiger partial charge < -0.3 is 15.0 Å². The van der Waals surface area contributed by atoms with Crippen LogP contribution < -0.4 is 5.32 Å². The average molecular weight is 295 g/mol. The van der Waals surface area contributed by atoms with Crippen molar-refractivity contribution >= 4 is 17.3 Å². The van der Waals surface area contributed by atoms with E-state index in [1.165, 1.54) is 11.0 Å². The van der Waals surface area contributed by atoms with Gasteiger partial charge in [-0.25, -0.2) is 0 Å². The third kappa shape index (κ3) is 4.71. The SMILES string of the molecule is COCC(C)CNc1ccc(C(=O)N(C)C)cc1[N+](=O)[O-]. The number of nitrogens with zero attached hydrogens (tertiary/aromatic N) is 2. The summed E-state index contributed by atoms with van der Waals surface area (Å²) in [6, 6.07) is 4.44. The Kier molecular flexibility index (Phi) is 6.10. The van der Waals surface area contributed by atoms with Crippen LogP contribution in [0.5, 0.6) is 0 Å². The summed E-state index contributed by atoms with van der Waals surface area (Å²) in [4.78, 5) is 23.9. The van der Waals surface area contributed by atoms with Crippen molar-refractivity contribution in [1.29, 1.82) is 0 Å². The van der Waals surface area contributed by atoms with Crippen LogP contribution >= 0.6 is 0 Å². The Balaban J connectivity index is 2.95. The van der Waals surface area contributed by atoms with Crippen LogP contribution in [-0.4, -0.2) is 50.1 Å². The molecule has 1 rings (SSSR count).